The molecule has 1 saturated heterocycles. The van der Waals surface area contributed by atoms with Gasteiger partial charge in [-0.2, -0.15) is 0 Å². The fourth-order valence-electron chi connectivity index (χ4n) is 3.41. The summed E-state index contributed by atoms with van der Waals surface area (Å²) in [5.41, 5.74) is 1.68. The normalized spacial score (nSPS) is 19.3. The number of phenolic OH excluding ortho intramolecular Hbond substituents is 1. The Morgan fingerprint density at radius 2 is 1.81 bits per heavy atom. The predicted molar refractivity (Wildman–Crippen MR) is 113 cm³/mol. The van der Waals surface area contributed by atoms with Crippen molar-refractivity contribution in [3.63, 3.8) is 0 Å². The molecular weight excluding hydrogens is 400 g/mol. The van der Waals surface area contributed by atoms with Crippen molar-refractivity contribution in [1.29, 1.82) is 0 Å². The lowest BCUT2D eigenvalue weighted by Crippen LogP contribution is -2.53. The van der Waals surface area contributed by atoms with Crippen molar-refractivity contribution in [3.8, 4) is 5.75 Å². The number of amides is 2. The summed E-state index contributed by atoms with van der Waals surface area (Å²) < 4.78 is 10.6. The molecule has 0 saturated carbocycles. The molecule has 3 unspecified atom stereocenters. The molecule has 31 heavy (non-hydrogen) atoms. The molecule has 3 atom stereocenters. The molecule has 8 nitrogen and oxygen atoms in total. The molecule has 8 heteroatoms. The van der Waals surface area contributed by atoms with E-state index in [0.29, 0.717) is 6.42 Å². The van der Waals surface area contributed by atoms with Crippen LogP contribution in [-0.2, 0) is 27.3 Å². The fourth-order valence-corrected chi connectivity index (χ4v) is 3.41. The Bertz CT molecular complexity index is 871. The summed E-state index contributed by atoms with van der Waals surface area (Å²) >= 11 is 0. The Balaban J connectivity index is 1.64. The molecule has 3 rings (SSSR count). The first-order valence-electron chi connectivity index (χ1n) is 10.2. The van der Waals surface area contributed by atoms with Gasteiger partial charge in [-0.3, -0.25) is 4.79 Å². The first-order chi connectivity index (χ1) is 14.8. The van der Waals surface area contributed by atoms with Gasteiger partial charge < -0.3 is 29.9 Å². The smallest absolute Gasteiger partial charge is 0.408 e. The number of rotatable bonds is 7. The Hall–Kier alpha value is -3.10. The molecule has 0 radical (unpaired) electrons. The topological polar surface area (TPSA) is 108 Å². The van der Waals surface area contributed by atoms with E-state index >= 15 is 0 Å². The highest BCUT2D eigenvalue weighted by Crippen LogP contribution is 2.23. The van der Waals surface area contributed by atoms with E-state index in [4.69, 9.17) is 9.47 Å². The summed E-state index contributed by atoms with van der Waals surface area (Å²) in [4.78, 5) is 27.0. The van der Waals surface area contributed by atoms with Crippen molar-refractivity contribution in [2.75, 3.05) is 6.73 Å². The molecule has 2 amide bonds. The van der Waals surface area contributed by atoms with Gasteiger partial charge in [-0.15, -0.1) is 0 Å². The highest BCUT2D eigenvalue weighted by atomic mass is 16.6. The van der Waals surface area contributed by atoms with Crippen LogP contribution in [0.2, 0.25) is 0 Å². The van der Waals surface area contributed by atoms with Crippen LogP contribution in [0.5, 0.6) is 5.75 Å². The van der Waals surface area contributed by atoms with Gasteiger partial charge in [0.05, 0.1) is 6.04 Å². The lowest BCUT2D eigenvalue weighted by Gasteiger charge is -2.30. The van der Waals surface area contributed by atoms with E-state index < -0.39 is 24.5 Å². The van der Waals surface area contributed by atoms with E-state index in [1.54, 1.807) is 24.3 Å². The van der Waals surface area contributed by atoms with Crippen molar-refractivity contribution in [2.45, 2.75) is 45.2 Å². The fraction of sp³-hybridized carbons (Fsp3) is 0.391. The highest BCUT2D eigenvalue weighted by molar-refractivity contribution is 5.86. The lowest BCUT2D eigenvalue weighted by molar-refractivity contribution is -0.136. The number of hydrogen-bond acceptors (Lipinski definition) is 6. The number of aromatic hydroxyl groups is 1. The number of nitrogens with one attached hydrogen (secondary N) is 1. The third kappa shape index (κ3) is 5.96. The molecule has 2 aromatic rings. The number of benzene rings is 2. The molecule has 166 valence electrons. The monoisotopic (exact) mass is 428 g/mol. The summed E-state index contributed by atoms with van der Waals surface area (Å²) in [5, 5.41) is 22.4. The maximum Gasteiger partial charge on any atom is 0.408 e. The van der Waals surface area contributed by atoms with E-state index in [1.807, 2.05) is 44.2 Å². The number of aliphatic hydroxyl groups is 1. The van der Waals surface area contributed by atoms with Gasteiger partial charge >= 0.3 is 6.09 Å². The third-order valence-corrected chi connectivity index (χ3v) is 5.20. The van der Waals surface area contributed by atoms with Gasteiger partial charge in [0.15, 0.2) is 6.29 Å². The molecule has 2 aromatic carbocycles. The number of phenols is 1. The lowest BCUT2D eigenvalue weighted by atomic mass is 10.00. The van der Waals surface area contributed by atoms with E-state index in [-0.39, 0.29) is 30.9 Å². The molecule has 1 heterocycles. The Labute approximate surface area is 181 Å². The van der Waals surface area contributed by atoms with E-state index in [2.05, 4.69) is 5.32 Å². The van der Waals surface area contributed by atoms with Gasteiger partial charge in [-0.05, 0) is 35.6 Å². The maximum absolute atomic E-state index is 13.2. The van der Waals surface area contributed by atoms with Gasteiger partial charge in [-0.1, -0.05) is 56.3 Å². The van der Waals surface area contributed by atoms with Crippen molar-refractivity contribution >= 4 is 12.0 Å². The molecule has 0 aromatic heterocycles. The minimum atomic E-state index is -1.14. The minimum absolute atomic E-state index is 0.0767. The minimum Gasteiger partial charge on any atom is -0.508 e. The number of nitrogens with zero attached hydrogens (tertiary/aromatic N) is 1. The summed E-state index contributed by atoms with van der Waals surface area (Å²) in [5.74, 6) is -0.422. The predicted octanol–water partition coefficient (Wildman–Crippen LogP) is 2.39. The molecule has 1 aliphatic heterocycles. The van der Waals surface area contributed by atoms with E-state index in [0.717, 1.165) is 11.1 Å². The Morgan fingerprint density at radius 3 is 2.45 bits per heavy atom. The summed E-state index contributed by atoms with van der Waals surface area (Å²) in [6, 6.07) is 14.4. The van der Waals surface area contributed by atoms with Crippen LogP contribution in [0.3, 0.4) is 0 Å². The van der Waals surface area contributed by atoms with Gasteiger partial charge in [0, 0.05) is 0 Å². The quantitative estimate of drug-likeness (QED) is 0.625. The molecule has 3 N–H and O–H groups in total. The molecular formula is C23H28N2O6. The van der Waals surface area contributed by atoms with E-state index in [9.17, 15) is 19.8 Å². The molecule has 0 bridgehead atoms. The molecule has 0 spiro atoms. The molecule has 1 aliphatic rings. The zero-order chi connectivity index (χ0) is 22.4. The van der Waals surface area contributed by atoms with Gasteiger partial charge in [0.1, 0.15) is 25.1 Å². The number of hydrogen-bond donors (Lipinski definition) is 3. The maximum atomic E-state index is 13.2. The number of aliphatic hydroxyl groups excluding tert-OH is 1. The van der Waals surface area contributed by atoms with Gasteiger partial charge in [0.2, 0.25) is 5.91 Å². The first kappa shape index (κ1) is 22.6. The van der Waals surface area contributed by atoms with Crippen LogP contribution in [-0.4, -0.2) is 52.2 Å². The van der Waals surface area contributed by atoms with Gasteiger partial charge in [0.25, 0.3) is 0 Å². The SMILES string of the molecule is CC(C)C(NC(=O)OCc1ccccc1)C(=O)N1COC(O)C1Cc1ccc(O)cc1. The zero-order valence-corrected chi connectivity index (χ0v) is 17.6. The zero-order valence-electron chi connectivity index (χ0n) is 17.6. The van der Waals surface area contributed by atoms with Crippen molar-refractivity contribution in [2.24, 2.45) is 5.92 Å². The van der Waals surface area contributed by atoms with Crippen LogP contribution < -0.4 is 5.32 Å². The standard InChI is InChI=1S/C23H28N2O6/c1-15(2)20(24-23(29)30-13-17-6-4-3-5-7-17)21(27)25-14-31-22(28)19(25)12-16-8-10-18(26)11-9-16/h3-11,15,19-20,22,26,28H,12-14H2,1-2H3,(H,24,29). The Kier molecular flexibility index (Phi) is 7.49. The third-order valence-electron chi connectivity index (χ3n) is 5.20. The van der Waals surface area contributed by atoms with Crippen LogP contribution in [0.4, 0.5) is 4.79 Å². The first-order valence-corrected chi connectivity index (χ1v) is 10.2. The molecule has 0 aliphatic carbocycles. The second-order valence-corrected chi connectivity index (χ2v) is 7.86. The van der Waals surface area contributed by atoms with Crippen LogP contribution in [0.15, 0.2) is 54.6 Å². The number of alkyl carbamates (subject to hydrolysis) is 1. The van der Waals surface area contributed by atoms with Gasteiger partial charge in [-0.25, -0.2) is 4.79 Å². The van der Waals surface area contributed by atoms with Crippen molar-refractivity contribution < 1.29 is 29.3 Å². The number of ether oxygens (including phenoxy) is 2. The average molecular weight is 428 g/mol. The summed E-state index contributed by atoms with van der Waals surface area (Å²) in [6.07, 6.45) is -1.49. The second-order valence-electron chi connectivity index (χ2n) is 7.86. The van der Waals surface area contributed by atoms with E-state index in [1.165, 1.54) is 4.90 Å². The summed E-state index contributed by atoms with van der Waals surface area (Å²) in [6.45, 7) is 3.66. The Morgan fingerprint density at radius 1 is 1.13 bits per heavy atom. The van der Waals surface area contributed by atoms with Crippen LogP contribution >= 0.6 is 0 Å². The van der Waals surface area contributed by atoms with Crippen LogP contribution in [0.25, 0.3) is 0 Å². The average Bonchev–Trinajstić information content (AvgIpc) is 3.12. The van der Waals surface area contributed by atoms with Crippen LogP contribution in [0, 0.1) is 5.92 Å². The second kappa shape index (κ2) is 10.3. The van der Waals surface area contributed by atoms with Crippen molar-refractivity contribution in [1.82, 2.24) is 10.2 Å². The molecule has 1 fully saturated rings. The van der Waals surface area contributed by atoms with Crippen LogP contribution in [0.1, 0.15) is 25.0 Å². The largest absolute Gasteiger partial charge is 0.508 e. The highest BCUT2D eigenvalue weighted by Gasteiger charge is 2.41. The number of carbonyl (C=O) groups is 2. The number of carbonyl (C=O) groups excluding carboxylic acids is 2. The summed E-state index contributed by atoms with van der Waals surface area (Å²) in [7, 11) is 0. The van der Waals surface area contributed by atoms with Crippen molar-refractivity contribution in [3.05, 3.63) is 65.7 Å².